The number of rotatable bonds is 9. The number of para-hydroxylation sites is 2. The molecule has 1 unspecified atom stereocenters. The number of amides is 2. The van der Waals surface area contributed by atoms with Crippen LogP contribution in [0.25, 0.3) is 0 Å². The molecule has 8 nitrogen and oxygen atoms in total. The second-order valence-electron chi connectivity index (χ2n) is 7.27. The number of halogens is 1. The molecule has 9 heteroatoms. The van der Waals surface area contributed by atoms with Crippen LogP contribution in [0.15, 0.2) is 60.7 Å². The molecule has 0 saturated carbocycles. The van der Waals surface area contributed by atoms with Gasteiger partial charge in [-0.15, -0.1) is 0 Å². The normalized spacial score (nSPS) is 11.2. The number of hydrogen-bond acceptors (Lipinski definition) is 6. The summed E-state index contributed by atoms with van der Waals surface area (Å²) in [6.07, 6.45) is 0. The molecule has 0 aliphatic carbocycles. The molecule has 0 spiro atoms. The van der Waals surface area contributed by atoms with Crippen LogP contribution in [0.4, 0.5) is 17.1 Å². The van der Waals surface area contributed by atoms with Crippen molar-refractivity contribution in [2.45, 2.75) is 13.0 Å². The summed E-state index contributed by atoms with van der Waals surface area (Å²) >= 11 is 6.20. The van der Waals surface area contributed by atoms with Crippen molar-refractivity contribution in [3.63, 3.8) is 0 Å². The number of hydrogen-bond donors (Lipinski definition) is 3. The van der Waals surface area contributed by atoms with Gasteiger partial charge < -0.3 is 30.2 Å². The minimum absolute atomic E-state index is 0.278. The van der Waals surface area contributed by atoms with E-state index in [4.69, 9.17) is 25.8 Å². The van der Waals surface area contributed by atoms with E-state index in [1.165, 1.54) is 21.3 Å². The third-order valence-electron chi connectivity index (χ3n) is 5.01. The molecule has 0 radical (unpaired) electrons. The monoisotopic (exact) mass is 483 g/mol. The maximum atomic E-state index is 12.7. The minimum Gasteiger partial charge on any atom is -0.495 e. The van der Waals surface area contributed by atoms with Gasteiger partial charge in [-0.2, -0.15) is 0 Å². The maximum absolute atomic E-state index is 12.7. The van der Waals surface area contributed by atoms with E-state index in [-0.39, 0.29) is 11.8 Å². The van der Waals surface area contributed by atoms with E-state index in [0.29, 0.717) is 44.9 Å². The Hall–Kier alpha value is -3.91. The molecule has 3 aromatic rings. The number of anilines is 3. The quantitative estimate of drug-likeness (QED) is 0.393. The minimum atomic E-state index is -0.605. The zero-order chi connectivity index (χ0) is 24.7. The summed E-state index contributed by atoms with van der Waals surface area (Å²) in [5.41, 5.74) is 2.11. The zero-order valence-electron chi connectivity index (χ0n) is 19.3. The number of carbonyl (C=O) groups is 2. The summed E-state index contributed by atoms with van der Waals surface area (Å²) in [7, 11) is 4.57. The van der Waals surface area contributed by atoms with Crippen molar-refractivity contribution in [2.75, 3.05) is 37.3 Å². The summed E-state index contributed by atoms with van der Waals surface area (Å²) in [5, 5.41) is 9.11. The smallest absolute Gasteiger partial charge is 0.255 e. The molecule has 178 valence electrons. The standard InChI is InChI=1S/C25H26ClN3O5/c1-15(27-20-13-18(26)22(33-3)14-23(20)34-4)24(30)28-17-11-9-16(10-12-17)25(31)29-19-7-5-6-8-21(19)32-2/h5-15,27H,1-4H3,(H,28,30)(H,29,31). The lowest BCUT2D eigenvalue weighted by Gasteiger charge is -2.18. The van der Waals surface area contributed by atoms with Crippen LogP contribution in [-0.2, 0) is 4.79 Å². The van der Waals surface area contributed by atoms with Gasteiger partial charge in [0.05, 0.1) is 37.7 Å². The van der Waals surface area contributed by atoms with Crippen molar-refractivity contribution in [1.82, 2.24) is 0 Å². The van der Waals surface area contributed by atoms with Crippen LogP contribution in [0.5, 0.6) is 17.2 Å². The molecule has 0 saturated heterocycles. The Kier molecular flexibility index (Phi) is 8.21. The summed E-state index contributed by atoms with van der Waals surface area (Å²) in [5.74, 6) is 0.958. The van der Waals surface area contributed by atoms with E-state index < -0.39 is 6.04 Å². The van der Waals surface area contributed by atoms with Crippen molar-refractivity contribution < 1.29 is 23.8 Å². The van der Waals surface area contributed by atoms with Crippen LogP contribution < -0.4 is 30.2 Å². The van der Waals surface area contributed by atoms with Crippen molar-refractivity contribution >= 4 is 40.5 Å². The molecule has 0 heterocycles. The number of carbonyl (C=O) groups excluding carboxylic acids is 2. The molecule has 3 N–H and O–H groups in total. The molecule has 3 rings (SSSR count). The van der Waals surface area contributed by atoms with Crippen LogP contribution in [0, 0.1) is 0 Å². The third-order valence-corrected chi connectivity index (χ3v) is 5.30. The number of ether oxygens (including phenoxy) is 3. The summed E-state index contributed by atoms with van der Waals surface area (Å²) in [4.78, 5) is 25.3. The molecule has 0 aliphatic rings. The highest BCUT2D eigenvalue weighted by molar-refractivity contribution is 6.32. The Morgan fingerprint density at radius 2 is 1.44 bits per heavy atom. The first-order valence-corrected chi connectivity index (χ1v) is 10.8. The molecular weight excluding hydrogens is 458 g/mol. The van der Waals surface area contributed by atoms with Gasteiger partial charge in [0.1, 0.15) is 23.3 Å². The van der Waals surface area contributed by atoms with Gasteiger partial charge in [-0.05, 0) is 49.4 Å². The van der Waals surface area contributed by atoms with Crippen LogP contribution in [0.3, 0.4) is 0 Å². The van der Waals surface area contributed by atoms with Gasteiger partial charge in [0.25, 0.3) is 5.91 Å². The van der Waals surface area contributed by atoms with Crippen LogP contribution >= 0.6 is 11.6 Å². The van der Waals surface area contributed by atoms with Gasteiger partial charge in [-0.25, -0.2) is 0 Å². The highest BCUT2D eigenvalue weighted by Gasteiger charge is 2.17. The highest BCUT2D eigenvalue weighted by Crippen LogP contribution is 2.36. The van der Waals surface area contributed by atoms with E-state index in [1.54, 1.807) is 61.5 Å². The van der Waals surface area contributed by atoms with Gasteiger partial charge in [-0.3, -0.25) is 9.59 Å². The van der Waals surface area contributed by atoms with Gasteiger partial charge >= 0.3 is 0 Å². The average Bonchev–Trinajstić information content (AvgIpc) is 2.84. The maximum Gasteiger partial charge on any atom is 0.255 e. The second-order valence-corrected chi connectivity index (χ2v) is 7.68. The molecule has 0 aliphatic heterocycles. The van der Waals surface area contributed by atoms with E-state index in [9.17, 15) is 9.59 Å². The van der Waals surface area contributed by atoms with E-state index in [0.717, 1.165) is 0 Å². The first-order valence-electron chi connectivity index (χ1n) is 10.4. The van der Waals surface area contributed by atoms with Gasteiger partial charge in [0.15, 0.2) is 0 Å². The largest absolute Gasteiger partial charge is 0.495 e. The molecule has 0 fully saturated rings. The molecule has 1 atom stereocenters. The van der Waals surface area contributed by atoms with Gasteiger partial charge in [0.2, 0.25) is 5.91 Å². The van der Waals surface area contributed by atoms with Crippen molar-refractivity contribution in [3.8, 4) is 17.2 Å². The Bertz CT molecular complexity index is 1170. The highest BCUT2D eigenvalue weighted by atomic mass is 35.5. The topological polar surface area (TPSA) is 97.9 Å². The third kappa shape index (κ3) is 5.90. The summed E-state index contributed by atoms with van der Waals surface area (Å²) < 4.78 is 15.8. The lowest BCUT2D eigenvalue weighted by molar-refractivity contribution is -0.116. The lowest BCUT2D eigenvalue weighted by Crippen LogP contribution is -2.32. The molecule has 34 heavy (non-hydrogen) atoms. The second kappa shape index (κ2) is 11.3. The van der Waals surface area contributed by atoms with Crippen LogP contribution in [0.2, 0.25) is 5.02 Å². The summed E-state index contributed by atoms with van der Waals surface area (Å²) in [6, 6.07) is 16.4. The molecule has 0 bridgehead atoms. The average molecular weight is 484 g/mol. The van der Waals surface area contributed by atoms with E-state index in [2.05, 4.69) is 16.0 Å². The number of benzene rings is 3. The van der Waals surface area contributed by atoms with Gasteiger partial charge in [0, 0.05) is 17.3 Å². The van der Waals surface area contributed by atoms with Crippen molar-refractivity contribution in [1.29, 1.82) is 0 Å². The fourth-order valence-corrected chi connectivity index (χ4v) is 3.41. The van der Waals surface area contributed by atoms with Gasteiger partial charge in [-0.1, -0.05) is 23.7 Å². The predicted octanol–water partition coefficient (Wildman–Crippen LogP) is 5.06. The fraction of sp³-hybridized carbons (Fsp3) is 0.200. The predicted molar refractivity (Wildman–Crippen MR) is 134 cm³/mol. The molecular formula is C25H26ClN3O5. The summed E-state index contributed by atoms with van der Waals surface area (Å²) in [6.45, 7) is 1.71. The Balaban J connectivity index is 1.63. The van der Waals surface area contributed by atoms with E-state index in [1.807, 2.05) is 6.07 Å². The van der Waals surface area contributed by atoms with Crippen LogP contribution in [-0.4, -0.2) is 39.2 Å². The number of methoxy groups -OCH3 is 3. The molecule has 2 amide bonds. The first-order chi connectivity index (χ1) is 16.4. The Labute approximate surface area is 203 Å². The molecule has 3 aromatic carbocycles. The fourth-order valence-electron chi connectivity index (χ4n) is 3.17. The van der Waals surface area contributed by atoms with Crippen LogP contribution in [0.1, 0.15) is 17.3 Å². The van der Waals surface area contributed by atoms with E-state index >= 15 is 0 Å². The first kappa shape index (κ1) is 24.7. The Morgan fingerprint density at radius 3 is 2.09 bits per heavy atom. The van der Waals surface area contributed by atoms with Crippen molar-refractivity contribution in [3.05, 3.63) is 71.2 Å². The number of nitrogens with one attached hydrogen (secondary N) is 3. The SMILES string of the molecule is COc1cc(OC)c(NC(C)C(=O)Nc2ccc(C(=O)Nc3ccccc3OC)cc2)cc1Cl. The molecule has 0 aromatic heterocycles. The lowest BCUT2D eigenvalue weighted by atomic mass is 10.1. The Morgan fingerprint density at radius 1 is 0.794 bits per heavy atom. The van der Waals surface area contributed by atoms with Crippen molar-refractivity contribution in [2.24, 2.45) is 0 Å². The zero-order valence-corrected chi connectivity index (χ0v) is 20.0.